The Labute approximate surface area is 272 Å². The smallest absolute Gasteiger partial charge is 0.253 e. The number of carbonyl (C=O) groups is 1. The van der Waals surface area contributed by atoms with Gasteiger partial charge in [-0.05, 0) is 113 Å². The minimum atomic E-state index is -0.485. The van der Waals surface area contributed by atoms with E-state index >= 15 is 0 Å². The van der Waals surface area contributed by atoms with Gasteiger partial charge in [0.2, 0.25) is 0 Å². The van der Waals surface area contributed by atoms with Crippen LogP contribution in [0.4, 0.5) is 0 Å². The second-order valence-electron chi connectivity index (χ2n) is 14.5. The molecule has 2 fully saturated rings. The van der Waals surface area contributed by atoms with E-state index in [2.05, 4.69) is 81.3 Å². The van der Waals surface area contributed by atoms with Crippen molar-refractivity contribution in [2.75, 3.05) is 41.3 Å². The maximum atomic E-state index is 13.1. The zero-order chi connectivity index (χ0) is 33.1. The van der Waals surface area contributed by atoms with Crippen LogP contribution in [0.2, 0.25) is 0 Å². The van der Waals surface area contributed by atoms with E-state index in [-0.39, 0.29) is 24.0 Å². The summed E-state index contributed by atoms with van der Waals surface area (Å²) >= 11 is 0. The van der Waals surface area contributed by atoms with Crippen LogP contribution in [0.3, 0.4) is 0 Å². The number of nitriles is 1. The minimum absolute atomic E-state index is 0.0161. The third-order valence-electron chi connectivity index (χ3n) is 10.6. The van der Waals surface area contributed by atoms with Crippen LogP contribution in [0.25, 0.3) is 0 Å². The number of nitrogens with one attached hydrogen (secondary N) is 1. The van der Waals surface area contributed by atoms with Gasteiger partial charge in [-0.3, -0.25) is 9.79 Å². The number of benzene rings is 1. The first-order chi connectivity index (χ1) is 21.3. The first kappa shape index (κ1) is 34.6. The van der Waals surface area contributed by atoms with Gasteiger partial charge in [0.25, 0.3) is 5.91 Å². The normalized spacial score (nSPS) is 27.2. The standard InChI is InChI=1S/C37H57N7O/c1-24(2)41-36(39)37(21-25(3)40-23-26(4)44-18-10-11-32(44)22-38)33-16-14-28(27(5)42(6)7)19-29(33)12-13-30-20-31(15-17-34(30)37)35(45)43(8)9/h15,17,20,24-25,28-29,32-33,40H,4-5,10-14,16,18-19,21,23H2,1-3,6-9H3,(H2,39,41)/t25-,28?,29?,32?,33?,37?/m1/s1. The Kier molecular flexibility index (Phi) is 11.1. The average molecular weight is 616 g/mol. The first-order valence-corrected chi connectivity index (χ1v) is 16.9. The molecular weight excluding hydrogens is 558 g/mol. The van der Waals surface area contributed by atoms with Crippen LogP contribution in [0.15, 0.2) is 47.7 Å². The lowest BCUT2D eigenvalue weighted by Gasteiger charge is -2.49. The molecule has 4 rings (SSSR count). The van der Waals surface area contributed by atoms with Crippen LogP contribution in [0, 0.1) is 29.1 Å². The van der Waals surface area contributed by atoms with Gasteiger partial charge in [-0.2, -0.15) is 5.26 Å². The number of hydrogen-bond acceptors (Lipinski definition) is 6. The zero-order valence-electron chi connectivity index (χ0n) is 28.9. The summed E-state index contributed by atoms with van der Waals surface area (Å²) in [5, 5.41) is 13.4. The largest absolute Gasteiger partial charge is 0.387 e. The van der Waals surface area contributed by atoms with E-state index in [0.29, 0.717) is 30.1 Å². The van der Waals surface area contributed by atoms with Crippen LogP contribution in [-0.4, -0.2) is 85.8 Å². The molecule has 3 N–H and O–H groups in total. The average Bonchev–Trinajstić information content (AvgIpc) is 3.44. The summed E-state index contributed by atoms with van der Waals surface area (Å²) < 4.78 is 0. The Bertz CT molecular complexity index is 1320. The van der Waals surface area contributed by atoms with Gasteiger partial charge in [-0.1, -0.05) is 19.2 Å². The molecule has 0 radical (unpaired) electrons. The number of nitrogens with two attached hydrogens (primary N) is 1. The molecule has 1 aromatic rings. The number of rotatable bonds is 11. The van der Waals surface area contributed by atoms with Crippen molar-refractivity contribution in [3.63, 3.8) is 0 Å². The number of allylic oxidation sites excluding steroid dienone is 1. The van der Waals surface area contributed by atoms with E-state index in [0.717, 1.165) is 69.2 Å². The number of amidine groups is 1. The van der Waals surface area contributed by atoms with Crippen LogP contribution >= 0.6 is 0 Å². The Morgan fingerprint density at radius 2 is 1.89 bits per heavy atom. The summed E-state index contributed by atoms with van der Waals surface area (Å²) in [6.45, 7) is 16.8. The Morgan fingerprint density at radius 3 is 2.53 bits per heavy atom. The van der Waals surface area contributed by atoms with Crippen LogP contribution < -0.4 is 11.1 Å². The molecule has 3 aliphatic rings. The van der Waals surface area contributed by atoms with E-state index in [1.54, 1.807) is 19.0 Å². The van der Waals surface area contributed by atoms with Gasteiger partial charge < -0.3 is 25.8 Å². The molecule has 0 aromatic heterocycles. The summed E-state index contributed by atoms with van der Waals surface area (Å²) in [5.74, 6) is 1.94. The second kappa shape index (κ2) is 14.4. The van der Waals surface area contributed by atoms with Gasteiger partial charge in [0, 0.05) is 70.3 Å². The fraction of sp³-hybridized carbons (Fsp3) is 0.649. The number of hydrogen-bond donors (Lipinski definition) is 2. The third kappa shape index (κ3) is 7.25. The van der Waals surface area contributed by atoms with Crippen molar-refractivity contribution in [2.24, 2.45) is 28.5 Å². The fourth-order valence-electron chi connectivity index (χ4n) is 8.38. The maximum absolute atomic E-state index is 13.1. The fourth-order valence-corrected chi connectivity index (χ4v) is 8.38. The molecule has 246 valence electrons. The van der Waals surface area contributed by atoms with E-state index in [1.807, 2.05) is 6.07 Å². The quantitative estimate of drug-likeness (QED) is 0.258. The molecule has 1 saturated carbocycles. The predicted molar refractivity (Wildman–Crippen MR) is 185 cm³/mol. The number of carbonyl (C=O) groups excluding carboxylic acids is 1. The van der Waals surface area contributed by atoms with Crippen LogP contribution in [0.5, 0.6) is 0 Å². The SMILES string of the molecule is C=C(C1CCC2C(CCc3cc(C(=O)N(C)C)ccc3C2(C[C@@H](C)NCC(=C)N2CCCC2C#N)C(N)=NC(C)C)C1)N(C)C. The molecule has 0 spiro atoms. The number of fused-ring (bicyclic) bond motifs is 2. The lowest BCUT2D eigenvalue weighted by Crippen LogP contribution is -2.54. The molecule has 8 heteroatoms. The molecule has 8 nitrogen and oxygen atoms in total. The van der Waals surface area contributed by atoms with Crippen molar-refractivity contribution in [1.29, 1.82) is 5.26 Å². The van der Waals surface area contributed by atoms with Crippen LogP contribution in [-0.2, 0) is 11.8 Å². The van der Waals surface area contributed by atoms with Crippen molar-refractivity contribution in [3.05, 3.63) is 59.4 Å². The highest BCUT2D eigenvalue weighted by atomic mass is 16.2. The summed E-state index contributed by atoms with van der Waals surface area (Å²) in [6, 6.07) is 8.83. The van der Waals surface area contributed by atoms with E-state index in [1.165, 1.54) is 16.8 Å². The molecule has 6 atom stereocenters. The van der Waals surface area contributed by atoms with E-state index in [9.17, 15) is 10.1 Å². The van der Waals surface area contributed by atoms with Crippen molar-refractivity contribution >= 4 is 11.7 Å². The Morgan fingerprint density at radius 1 is 1.16 bits per heavy atom. The molecule has 1 aromatic carbocycles. The lowest BCUT2D eigenvalue weighted by molar-refractivity contribution is 0.0827. The summed E-state index contributed by atoms with van der Waals surface area (Å²) in [7, 11) is 7.81. The maximum Gasteiger partial charge on any atom is 0.253 e. The second-order valence-corrected chi connectivity index (χ2v) is 14.5. The van der Waals surface area contributed by atoms with Crippen molar-refractivity contribution in [1.82, 2.24) is 20.0 Å². The summed E-state index contributed by atoms with van der Waals surface area (Å²) in [5.41, 5.74) is 12.1. The van der Waals surface area contributed by atoms with Crippen molar-refractivity contribution in [2.45, 2.75) is 95.7 Å². The highest BCUT2D eigenvalue weighted by molar-refractivity contribution is 5.96. The highest BCUT2D eigenvalue weighted by Crippen LogP contribution is 2.54. The number of likely N-dealkylation sites (tertiary alicyclic amines) is 1. The summed E-state index contributed by atoms with van der Waals surface area (Å²) in [4.78, 5) is 24.2. The Balaban J connectivity index is 1.77. The first-order valence-electron chi connectivity index (χ1n) is 16.9. The van der Waals surface area contributed by atoms with Crippen molar-refractivity contribution < 1.29 is 4.79 Å². The number of aryl methyl sites for hydroxylation is 1. The molecule has 5 unspecified atom stereocenters. The van der Waals surface area contributed by atoms with E-state index in [4.69, 9.17) is 10.7 Å². The molecular formula is C37H57N7O. The topological polar surface area (TPSA) is 101 Å². The van der Waals surface area contributed by atoms with Gasteiger partial charge >= 0.3 is 0 Å². The van der Waals surface area contributed by atoms with Gasteiger partial charge in [0.1, 0.15) is 11.9 Å². The monoisotopic (exact) mass is 615 g/mol. The highest BCUT2D eigenvalue weighted by Gasteiger charge is 2.52. The van der Waals surface area contributed by atoms with Gasteiger partial charge in [0.15, 0.2) is 0 Å². The molecule has 1 heterocycles. The minimum Gasteiger partial charge on any atom is -0.387 e. The lowest BCUT2D eigenvalue weighted by atomic mass is 9.56. The Hall–Kier alpha value is -3.31. The summed E-state index contributed by atoms with van der Waals surface area (Å²) in [6.07, 6.45) is 7.88. The number of aliphatic imine (C=N–C) groups is 1. The number of amides is 1. The van der Waals surface area contributed by atoms with Crippen molar-refractivity contribution in [3.8, 4) is 6.07 Å². The molecule has 1 aliphatic heterocycles. The van der Waals surface area contributed by atoms with Crippen LogP contribution in [0.1, 0.15) is 87.2 Å². The predicted octanol–water partition coefficient (Wildman–Crippen LogP) is 5.32. The number of nitrogens with zero attached hydrogens (tertiary/aromatic N) is 5. The third-order valence-corrected chi connectivity index (χ3v) is 10.6. The zero-order valence-corrected chi connectivity index (χ0v) is 28.9. The molecule has 0 bridgehead atoms. The van der Waals surface area contributed by atoms with Gasteiger partial charge in [-0.25, -0.2) is 0 Å². The van der Waals surface area contributed by atoms with Gasteiger partial charge in [0.05, 0.1) is 11.5 Å². The van der Waals surface area contributed by atoms with E-state index < -0.39 is 5.41 Å². The molecule has 45 heavy (non-hydrogen) atoms. The van der Waals surface area contributed by atoms with Gasteiger partial charge in [-0.15, -0.1) is 0 Å². The molecule has 2 aliphatic carbocycles. The molecule has 1 saturated heterocycles. The molecule has 1 amide bonds.